The zero-order chi connectivity index (χ0) is 29.1. The number of ketones is 1. The summed E-state index contributed by atoms with van der Waals surface area (Å²) in [5.41, 5.74) is 2.36. The van der Waals surface area contributed by atoms with Crippen molar-refractivity contribution in [3.8, 4) is 22.5 Å². The highest BCUT2D eigenvalue weighted by molar-refractivity contribution is 7.16. The molecule has 0 fully saturated rings. The number of rotatable bonds is 9. The number of hydrogen-bond acceptors (Lipinski definition) is 9. The molecular formula is C30H21ClN6O4S. The summed E-state index contributed by atoms with van der Waals surface area (Å²) in [7, 11) is 0. The molecule has 0 atom stereocenters. The fourth-order valence-corrected chi connectivity index (χ4v) is 5.49. The second kappa shape index (κ2) is 11.8. The van der Waals surface area contributed by atoms with E-state index < -0.39 is 0 Å². The van der Waals surface area contributed by atoms with Gasteiger partial charge in [0.1, 0.15) is 12.1 Å². The van der Waals surface area contributed by atoms with Crippen molar-refractivity contribution in [2.45, 2.75) is 13.1 Å². The topological polar surface area (TPSA) is 125 Å². The first-order valence-corrected chi connectivity index (χ1v) is 13.9. The fraction of sp³-hybridized carbons (Fsp3) is 0.0667. The molecule has 6 aromatic rings. The fourth-order valence-electron chi connectivity index (χ4n) is 4.46. The number of pyridine rings is 2. The van der Waals surface area contributed by atoms with Gasteiger partial charge < -0.3 is 9.84 Å². The van der Waals surface area contributed by atoms with E-state index in [0.717, 1.165) is 4.88 Å². The van der Waals surface area contributed by atoms with Crippen molar-refractivity contribution in [2.24, 2.45) is 0 Å². The second-order valence-corrected chi connectivity index (χ2v) is 10.9. The van der Waals surface area contributed by atoms with Crippen molar-refractivity contribution in [1.82, 2.24) is 24.5 Å². The van der Waals surface area contributed by atoms with Crippen LogP contribution < -0.4 is 10.9 Å². The van der Waals surface area contributed by atoms with E-state index in [-0.39, 0.29) is 29.4 Å². The molecule has 0 saturated heterocycles. The van der Waals surface area contributed by atoms with Crippen LogP contribution in [-0.4, -0.2) is 36.2 Å². The Labute approximate surface area is 247 Å². The Bertz CT molecular complexity index is 1930. The molecule has 12 heteroatoms. The van der Waals surface area contributed by atoms with Crippen molar-refractivity contribution in [3.63, 3.8) is 0 Å². The van der Waals surface area contributed by atoms with E-state index in [9.17, 15) is 14.4 Å². The summed E-state index contributed by atoms with van der Waals surface area (Å²) >= 11 is 7.54. The van der Waals surface area contributed by atoms with Crippen molar-refractivity contribution in [2.75, 3.05) is 5.32 Å². The summed E-state index contributed by atoms with van der Waals surface area (Å²) in [6.07, 6.45) is 5.73. The van der Waals surface area contributed by atoms with E-state index in [1.165, 1.54) is 39.1 Å². The van der Waals surface area contributed by atoms with Crippen LogP contribution in [0.3, 0.4) is 0 Å². The number of aromatic nitrogens is 5. The Morgan fingerprint density at radius 3 is 2.50 bits per heavy atom. The Kier molecular flexibility index (Phi) is 7.58. The van der Waals surface area contributed by atoms with Crippen LogP contribution in [-0.2, 0) is 13.1 Å². The van der Waals surface area contributed by atoms with Gasteiger partial charge in [0.2, 0.25) is 0 Å². The highest BCUT2D eigenvalue weighted by Crippen LogP contribution is 2.32. The molecule has 0 radical (unpaired) electrons. The molecule has 0 unspecified atom stereocenters. The Morgan fingerprint density at radius 2 is 1.79 bits per heavy atom. The SMILES string of the molecule is O=C(Cn1c(-c2ccncc2)c(-c2cc(NCc3ccc(Cl)s3)n(C(=O)c3ccccc3)n2)ccc1=O)c1cnoc1. The van der Waals surface area contributed by atoms with Crippen LogP contribution in [0.15, 0.2) is 107 Å². The molecule has 10 nitrogen and oxygen atoms in total. The Morgan fingerprint density at radius 1 is 0.976 bits per heavy atom. The third-order valence-corrected chi connectivity index (χ3v) is 7.70. The maximum absolute atomic E-state index is 13.6. The molecule has 6 rings (SSSR count). The van der Waals surface area contributed by atoms with Crippen LogP contribution >= 0.6 is 22.9 Å². The summed E-state index contributed by atoms with van der Waals surface area (Å²) in [6, 6.07) is 20.8. The zero-order valence-corrected chi connectivity index (χ0v) is 23.4. The van der Waals surface area contributed by atoms with Gasteiger partial charge in [-0.1, -0.05) is 35.0 Å². The lowest BCUT2D eigenvalue weighted by Gasteiger charge is -2.15. The van der Waals surface area contributed by atoms with E-state index in [4.69, 9.17) is 21.2 Å². The molecule has 0 saturated carbocycles. The molecule has 5 heterocycles. The lowest BCUT2D eigenvalue weighted by atomic mass is 10.0. The van der Waals surface area contributed by atoms with Gasteiger partial charge in [0, 0.05) is 46.1 Å². The highest BCUT2D eigenvalue weighted by atomic mass is 35.5. The van der Waals surface area contributed by atoms with Gasteiger partial charge in [0.25, 0.3) is 11.5 Å². The first kappa shape index (κ1) is 27.1. The van der Waals surface area contributed by atoms with Gasteiger partial charge in [-0.15, -0.1) is 11.3 Å². The third kappa shape index (κ3) is 5.55. The summed E-state index contributed by atoms with van der Waals surface area (Å²) < 4.78 is 8.15. The van der Waals surface area contributed by atoms with Gasteiger partial charge in [0.15, 0.2) is 5.78 Å². The largest absolute Gasteiger partial charge is 0.365 e. The van der Waals surface area contributed by atoms with Gasteiger partial charge in [-0.2, -0.15) is 9.78 Å². The van der Waals surface area contributed by atoms with E-state index in [0.29, 0.717) is 44.8 Å². The molecule has 5 aromatic heterocycles. The number of nitrogens with zero attached hydrogens (tertiary/aromatic N) is 5. The van der Waals surface area contributed by atoms with Crippen LogP contribution in [0.1, 0.15) is 25.6 Å². The normalized spacial score (nSPS) is 11.0. The number of Topliss-reactive ketones (excluding diaryl/α,β-unsaturated/α-hetero) is 1. The minimum absolute atomic E-state index is 0.242. The number of benzene rings is 1. The summed E-state index contributed by atoms with van der Waals surface area (Å²) in [4.78, 5) is 44.9. The quantitative estimate of drug-likeness (QED) is 0.212. The molecule has 0 aliphatic heterocycles. The minimum Gasteiger partial charge on any atom is -0.365 e. The Balaban J connectivity index is 1.48. The molecule has 0 bridgehead atoms. The number of halogens is 1. The number of carbonyl (C=O) groups excluding carboxylic acids is 2. The molecule has 0 aliphatic rings. The number of anilines is 1. The van der Waals surface area contributed by atoms with E-state index in [2.05, 4.69) is 15.5 Å². The average Bonchev–Trinajstić information content (AvgIpc) is 3.79. The van der Waals surface area contributed by atoms with E-state index >= 15 is 0 Å². The maximum atomic E-state index is 13.6. The number of carbonyl (C=O) groups is 2. The third-order valence-electron chi connectivity index (χ3n) is 6.46. The summed E-state index contributed by atoms with van der Waals surface area (Å²) in [5, 5.41) is 11.6. The molecule has 1 aromatic carbocycles. The second-order valence-electron chi connectivity index (χ2n) is 9.15. The van der Waals surface area contributed by atoms with Crippen LogP contribution in [0, 0.1) is 0 Å². The van der Waals surface area contributed by atoms with Crippen LogP contribution in [0.5, 0.6) is 0 Å². The summed E-state index contributed by atoms with van der Waals surface area (Å²) in [5.74, 6) is -0.245. The smallest absolute Gasteiger partial charge is 0.280 e. The lowest BCUT2D eigenvalue weighted by Crippen LogP contribution is -2.25. The van der Waals surface area contributed by atoms with Gasteiger partial charge in [0.05, 0.1) is 40.6 Å². The van der Waals surface area contributed by atoms with Gasteiger partial charge in [-0.25, -0.2) is 0 Å². The molecule has 0 aliphatic carbocycles. The van der Waals surface area contributed by atoms with Crippen molar-refractivity contribution < 1.29 is 14.1 Å². The van der Waals surface area contributed by atoms with E-state index in [1.807, 2.05) is 18.2 Å². The molecular weight excluding hydrogens is 576 g/mol. The van der Waals surface area contributed by atoms with Crippen molar-refractivity contribution >= 4 is 40.4 Å². The standard InChI is InChI=1S/C30H21ClN6O4S/c31-26-8-6-22(42-26)16-33-27-14-24(35-37(27)30(40)20-4-2-1-3-5-20)23-7-9-28(39)36(17-25(38)21-15-34-41-18-21)29(23)19-10-12-32-13-11-19/h1-15,18,33H,16-17H2. The predicted molar refractivity (Wildman–Crippen MR) is 159 cm³/mol. The maximum Gasteiger partial charge on any atom is 0.280 e. The first-order chi connectivity index (χ1) is 20.5. The zero-order valence-electron chi connectivity index (χ0n) is 21.8. The van der Waals surface area contributed by atoms with Crippen LogP contribution in [0.2, 0.25) is 4.34 Å². The van der Waals surface area contributed by atoms with Gasteiger partial charge in [-0.3, -0.25) is 23.9 Å². The van der Waals surface area contributed by atoms with Crippen molar-refractivity contribution in [3.05, 3.63) is 128 Å². The van der Waals surface area contributed by atoms with E-state index in [1.54, 1.807) is 60.9 Å². The highest BCUT2D eigenvalue weighted by Gasteiger charge is 2.23. The number of hydrogen-bond donors (Lipinski definition) is 1. The predicted octanol–water partition coefficient (Wildman–Crippen LogP) is 5.66. The average molecular weight is 597 g/mol. The minimum atomic E-state index is -0.386. The van der Waals surface area contributed by atoms with Gasteiger partial charge >= 0.3 is 0 Å². The first-order valence-electron chi connectivity index (χ1n) is 12.7. The summed E-state index contributed by atoms with van der Waals surface area (Å²) in [6.45, 7) is 0.147. The lowest BCUT2D eigenvalue weighted by molar-refractivity contribution is 0.0945. The van der Waals surface area contributed by atoms with Gasteiger partial charge in [-0.05, 0) is 42.5 Å². The molecule has 42 heavy (non-hydrogen) atoms. The molecule has 0 amide bonds. The molecule has 208 valence electrons. The number of nitrogens with one attached hydrogen (secondary N) is 1. The molecule has 0 spiro atoms. The van der Waals surface area contributed by atoms with Crippen LogP contribution in [0.25, 0.3) is 22.5 Å². The molecule has 1 N–H and O–H groups in total. The monoisotopic (exact) mass is 596 g/mol. The number of thiophene rings is 1. The van der Waals surface area contributed by atoms with Crippen molar-refractivity contribution in [1.29, 1.82) is 0 Å². The van der Waals surface area contributed by atoms with Crippen LogP contribution in [0.4, 0.5) is 5.82 Å². The Hall–Kier alpha value is -5.13.